The molecule has 2 heteroatoms. The van der Waals surface area contributed by atoms with E-state index < -0.39 is 0 Å². The van der Waals surface area contributed by atoms with Crippen LogP contribution in [-0.2, 0) is 6.61 Å². The highest BCUT2D eigenvalue weighted by Gasteiger charge is 2.21. The highest BCUT2D eigenvalue weighted by molar-refractivity contribution is 5.46. The molecule has 1 atom stereocenters. The Morgan fingerprint density at radius 3 is 2.81 bits per heavy atom. The number of rotatable bonds is 4. The van der Waals surface area contributed by atoms with E-state index in [0.717, 1.165) is 17.2 Å². The molecule has 2 N–H and O–H groups in total. The van der Waals surface area contributed by atoms with Crippen molar-refractivity contribution in [3.8, 4) is 0 Å². The van der Waals surface area contributed by atoms with E-state index in [1.165, 1.54) is 25.7 Å². The van der Waals surface area contributed by atoms with E-state index in [4.69, 9.17) is 5.11 Å². The molecule has 2 rings (SSSR count). The lowest BCUT2D eigenvalue weighted by atomic mass is 9.99. The van der Waals surface area contributed by atoms with E-state index in [1.54, 1.807) is 0 Å². The number of benzene rings is 1. The molecule has 0 saturated heterocycles. The van der Waals surface area contributed by atoms with Gasteiger partial charge < -0.3 is 10.4 Å². The van der Waals surface area contributed by atoms with Crippen LogP contribution in [0.2, 0.25) is 0 Å². The maximum atomic E-state index is 9.08. The molecule has 1 saturated carbocycles. The summed E-state index contributed by atoms with van der Waals surface area (Å²) in [6, 6.07) is 8.59. The van der Waals surface area contributed by atoms with Gasteiger partial charge in [0.2, 0.25) is 0 Å². The van der Waals surface area contributed by atoms with Crippen molar-refractivity contribution in [3.63, 3.8) is 0 Å². The van der Waals surface area contributed by atoms with Crippen LogP contribution >= 0.6 is 0 Å². The van der Waals surface area contributed by atoms with Gasteiger partial charge >= 0.3 is 0 Å². The predicted octanol–water partition coefficient (Wildman–Crippen LogP) is 3.17. The molecule has 88 valence electrons. The SMILES string of the molecule is CC(Nc1cccc(CO)c1)C1CCCC1. The van der Waals surface area contributed by atoms with Crippen molar-refractivity contribution in [1.82, 2.24) is 0 Å². The van der Waals surface area contributed by atoms with E-state index >= 15 is 0 Å². The Bertz CT molecular complexity index is 331. The van der Waals surface area contributed by atoms with Crippen molar-refractivity contribution < 1.29 is 5.11 Å². The van der Waals surface area contributed by atoms with Crippen molar-refractivity contribution in [2.24, 2.45) is 5.92 Å². The number of aliphatic hydroxyl groups excluding tert-OH is 1. The monoisotopic (exact) mass is 219 g/mol. The fourth-order valence-corrected chi connectivity index (χ4v) is 2.60. The first-order valence-corrected chi connectivity index (χ1v) is 6.26. The summed E-state index contributed by atoms with van der Waals surface area (Å²) >= 11 is 0. The van der Waals surface area contributed by atoms with Gasteiger partial charge in [0.25, 0.3) is 0 Å². The molecule has 1 aliphatic rings. The standard InChI is InChI=1S/C14H21NO/c1-11(13-6-2-3-7-13)15-14-8-4-5-12(9-14)10-16/h4-5,8-9,11,13,15-16H,2-3,6-7,10H2,1H3. The molecule has 0 heterocycles. The van der Waals surface area contributed by atoms with E-state index in [2.05, 4.69) is 18.3 Å². The fourth-order valence-electron chi connectivity index (χ4n) is 2.60. The topological polar surface area (TPSA) is 32.3 Å². The third kappa shape index (κ3) is 2.76. The zero-order valence-corrected chi connectivity index (χ0v) is 9.95. The molecule has 0 radical (unpaired) electrons. The average Bonchev–Trinajstić information content (AvgIpc) is 2.83. The second-order valence-electron chi connectivity index (χ2n) is 4.84. The minimum Gasteiger partial charge on any atom is -0.392 e. The number of hydrogen-bond donors (Lipinski definition) is 2. The Morgan fingerprint density at radius 1 is 1.38 bits per heavy atom. The van der Waals surface area contributed by atoms with Gasteiger partial charge in [-0.15, -0.1) is 0 Å². The van der Waals surface area contributed by atoms with E-state index in [0.29, 0.717) is 6.04 Å². The number of hydrogen-bond acceptors (Lipinski definition) is 2. The third-order valence-corrected chi connectivity index (χ3v) is 3.61. The van der Waals surface area contributed by atoms with Crippen LogP contribution in [0.4, 0.5) is 5.69 Å². The molecule has 1 aromatic rings. The average molecular weight is 219 g/mol. The molecular weight excluding hydrogens is 198 g/mol. The third-order valence-electron chi connectivity index (χ3n) is 3.61. The van der Waals surface area contributed by atoms with Gasteiger partial charge in [0, 0.05) is 11.7 Å². The largest absolute Gasteiger partial charge is 0.392 e. The summed E-state index contributed by atoms with van der Waals surface area (Å²) in [5.74, 6) is 0.817. The minimum atomic E-state index is 0.118. The van der Waals surface area contributed by atoms with Crippen LogP contribution < -0.4 is 5.32 Å². The van der Waals surface area contributed by atoms with Crippen LogP contribution in [0.5, 0.6) is 0 Å². The van der Waals surface area contributed by atoms with Crippen LogP contribution in [0.3, 0.4) is 0 Å². The van der Waals surface area contributed by atoms with Gasteiger partial charge in [0.05, 0.1) is 6.61 Å². The van der Waals surface area contributed by atoms with Gasteiger partial charge in [-0.25, -0.2) is 0 Å². The van der Waals surface area contributed by atoms with Gasteiger partial charge in [-0.3, -0.25) is 0 Å². The zero-order valence-electron chi connectivity index (χ0n) is 9.95. The molecule has 1 unspecified atom stereocenters. The summed E-state index contributed by atoms with van der Waals surface area (Å²) in [6.45, 7) is 2.38. The smallest absolute Gasteiger partial charge is 0.0682 e. The van der Waals surface area contributed by atoms with Crippen molar-refractivity contribution in [3.05, 3.63) is 29.8 Å². The molecule has 16 heavy (non-hydrogen) atoms. The first kappa shape index (κ1) is 11.5. The number of aliphatic hydroxyl groups is 1. The van der Waals surface area contributed by atoms with Gasteiger partial charge in [-0.1, -0.05) is 25.0 Å². The Labute approximate surface area is 97.7 Å². The van der Waals surface area contributed by atoms with Crippen molar-refractivity contribution >= 4 is 5.69 Å². The maximum Gasteiger partial charge on any atom is 0.0682 e. The lowest BCUT2D eigenvalue weighted by molar-refractivity contribution is 0.282. The van der Waals surface area contributed by atoms with Gasteiger partial charge in [-0.2, -0.15) is 0 Å². The van der Waals surface area contributed by atoms with Gasteiger partial charge in [-0.05, 0) is 43.4 Å². The second kappa shape index (κ2) is 5.35. The summed E-state index contributed by atoms with van der Waals surface area (Å²) in [7, 11) is 0. The normalized spacial score (nSPS) is 18.6. The van der Waals surface area contributed by atoms with Crippen LogP contribution in [0, 0.1) is 5.92 Å². The molecule has 1 aliphatic carbocycles. The minimum absolute atomic E-state index is 0.118. The zero-order chi connectivity index (χ0) is 11.4. The Hall–Kier alpha value is -1.02. The Balaban J connectivity index is 1.96. The number of nitrogens with one attached hydrogen (secondary N) is 1. The molecule has 2 nitrogen and oxygen atoms in total. The first-order valence-electron chi connectivity index (χ1n) is 6.26. The molecule has 0 aromatic heterocycles. The maximum absolute atomic E-state index is 9.08. The second-order valence-corrected chi connectivity index (χ2v) is 4.84. The molecule has 0 spiro atoms. The Morgan fingerprint density at radius 2 is 2.12 bits per heavy atom. The molecular formula is C14H21NO. The summed E-state index contributed by atoms with van der Waals surface area (Å²) < 4.78 is 0. The Kier molecular flexibility index (Phi) is 3.83. The van der Waals surface area contributed by atoms with Crippen LogP contribution in [0.25, 0.3) is 0 Å². The summed E-state index contributed by atoms with van der Waals surface area (Å²) in [4.78, 5) is 0. The number of anilines is 1. The molecule has 1 aromatic carbocycles. The van der Waals surface area contributed by atoms with E-state index in [-0.39, 0.29) is 6.61 Å². The molecule has 0 amide bonds. The molecule has 0 aliphatic heterocycles. The van der Waals surface area contributed by atoms with Crippen molar-refractivity contribution in [2.45, 2.75) is 45.3 Å². The summed E-state index contributed by atoms with van der Waals surface area (Å²) in [6.07, 6.45) is 5.47. The van der Waals surface area contributed by atoms with E-state index in [1.807, 2.05) is 18.2 Å². The lowest BCUT2D eigenvalue weighted by Crippen LogP contribution is -2.23. The first-order chi connectivity index (χ1) is 7.79. The van der Waals surface area contributed by atoms with E-state index in [9.17, 15) is 0 Å². The summed E-state index contributed by atoms with van der Waals surface area (Å²) in [5.41, 5.74) is 2.11. The van der Waals surface area contributed by atoms with Gasteiger partial charge in [0.1, 0.15) is 0 Å². The van der Waals surface area contributed by atoms with Crippen LogP contribution in [0.1, 0.15) is 38.2 Å². The lowest BCUT2D eigenvalue weighted by Gasteiger charge is -2.21. The quantitative estimate of drug-likeness (QED) is 0.815. The van der Waals surface area contributed by atoms with Crippen LogP contribution in [0.15, 0.2) is 24.3 Å². The fraction of sp³-hybridized carbons (Fsp3) is 0.571. The molecule has 1 fully saturated rings. The highest BCUT2D eigenvalue weighted by atomic mass is 16.3. The summed E-state index contributed by atoms with van der Waals surface area (Å²) in [5, 5.41) is 12.6. The predicted molar refractivity (Wildman–Crippen MR) is 67.4 cm³/mol. The molecule has 0 bridgehead atoms. The van der Waals surface area contributed by atoms with Crippen LogP contribution in [-0.4, -0.2) is 11.1 Å². The van der Waals surface area contributed by atoms with Crippen molar-refractivity contribution in [2.75, 3.05) is 5.32 Å². The van der Waals surface area contributed by atoms with Gasteiger partial charge in [0.15, 0.2) is 0 Å². The van der Waals surface area contributed by atoms with Crippen molar-refractivity contribution in [1.29, 1.82) is 0 Å². The highest BCUT2D eigenvalue weighted by Crippen LogP contribution is 2.29.